The molecule has 0 aliphatic rings. The highest BCUT2D eigenvalue weighted by Crippen LogP contribution is 2.37. The number of phenols is 1. The molecule has 2 rings (SSSR count). The fourth-order valence-corrected chi connectivity index (χ4v) is 2.42. The van der Waals surface area contributed by atoms with E-state index in [-0.39, 0.29) is 5.92 Å². The molecule has 0 radical (unpaired) electrons. The lowest BCUT2D eigenvalue weighted by atomic mass is 9.91. The molecule has 3 nitrogen and oxygen atoms in total. The molecule has 0 aliphatic heterocycles. The van der Waals surface area contributed by atoms with Gasteiger partial charge in [0.15, 0.2) is 0 Å². The van der Waals surface area contributed by atoms with E-state index in [1.165, 1.54) is 0 Å². The Morgan fingerprint density at radius 1 is 1.30 bits per heavy atom. The molecule has 0 saturated carbocycles. The van der Waals surface area contributed by atoms with E-state index < -0.39 is 5.97 Å². The molecule has 0 unspecified atom stereocenters. The summed E-state index contributed by atoms with van der Waals surface area (Å²) in [5, 5.41) is 20.9. The summed E-state index contributed by atoms with van der Waals surface area (Å²) in [5.41, 5.74) is 2.62. The predicted octanol–water partition coefficient (Wildman–Crippen LogP) is 4.08. The maximum atomic E-state index is 10.7. The highest BCUT2D eigenvalue weighted by molar-refractivity contribution is 5.99. The highest BCUT2D eigenvalue weighted by Gasteiger charge is 2.14. The van der Waals surface area contributed by atoms with Gasteiger partial charge in [0.05, 0.1) is 0 Å². The number of aliphatic carboxylic acids is 1. The molecule has 0 heterocycles. The summed E-state index contributed by atoms with van der Waals surface area (Å²) in [5.74, 6) is -0.526. The van der Waals surface area contributed by atoms with Crippen molar-refractivity contribution in [3.05, 3.63) is 47.0 Å². The Hall–Kier alpha value is -2.29. The number of carboxylic acids is 1. The molecule has 2 N–H and O–H groups in total. The molecule has 0 amide bonds. The minimum Gasteiger partial charge on any atom is -0.507 e. The number of hydrogen-bond acceptors (Lipinski definition) is 2. The van der Waals surface area contributed by atoms with Crippen LogP contribution in [-0.2, 0) is 4.79 Å². The highest BCUT2D eigenvalue weighted by atomic mass is 16.4. The fraction of sp³-hybridized carbons (Fsp3) is 0.235. The third kappa shape index (κ3) is 2.52. The standard InChI is InChI=1S/C17H18O3/c1-10(2)14-9-12(7-8-15(18)19)13-6-4-5-11(3)16(13)17(14)20/h4-10,20H,1-3H3,(H,18,19). The summed E-state index contributed by atoms with van der Waals surface area (Å²) in [6.07, 6.45) is 2.70. The molecule has 0 atom stereocenters. The summed E-state index contributed by atoms with van der Waals surface area (Å²) in [7, 11) is 0. The molecular weight excluding hydrogens is 252 g/mol. The van der Waals surface area contributed by atoms with Crippen LogP contribution in [0.3, 0.4) is 0 Å². The molecule has 20 heavy (non-hydrogen) atoms. The van der Waals surface area contributed by atoms with Crippen LogP contribution in [-0.4, -0.2) is 16.2 Å². The Kier molecular flexibility index (Phi) is 3.79. The number of fused-ring (bicyclic) bond motifs is 1. The number of hydrogen-bond donors (Lipinski definition) is 2. The zero-order valence-corrected chi connectivity index (χ0v) is 11.8. The Balaban J connectivity index is 2.83. The van der Waals surface area contributed by atoms with Crippen molar-refractivity contribution in [2.75, 3.05) is 0 Å². The van der Waals surface area contributed by atoms with Crippen LogP contribution in [0.15, 0.2) is 30.3 Å². The summed E-state index contributed by atoms with van der Waals surface area (Å²) < 4.78 is 0. The van der Waals surface area contributed by atoms with Gasteiger partial charge in [0.2, 0.25) is 0 Å². The molecule has 0 saturated heterocycles. The fourth-order valence-electron chi connectivity index (χ4n) is 2.42. The Bertz CT molecular complexity index is 697. The largest absolute Gasteiger partial charge is 0.507 e. The second-order valence-electron chi connectivity index (χ2n) is 5.23. The first-order valence-electron chi connectivity index (χ1n) is 6.58. The Morgan fingerprint density at radius 2 is 2.00 bits per heavy atom. The van der Waals surface area contributed by atoms with Crippen LogP contribution in [0.4, 0.5) is 0 Å². The van der Waals surface area contributed by atoms with E-state index in [4.69, 9.17) is 5.11 Å². The SMILES string of the molecule is Cc1cccc2c(C=CC(=O)O)cc(C(C)C)c(O)c12. The smallest absolute Gasteiger partial charge is 0.328 e. The maximum absolute atomic E-state index is 10.7. The minimum atomic E-state index is -0.982. The molecule has 3 heteroatoms. The molecule has 2 aromatic rings. The zero-order valence-electron chi connectivity index (χ0n) is 11.8. The molecule has 0 aromatic heterocycles. The molecule has 104 valence electrons. The maximum Gasteiger partial charge on any atom is 0.328 e. The van der Waals surface area contributed by atoms with E-state index in [0.29, 0.717) is 5.75 Å². The Morgan fingerprint density at radius 3 is 2.60 bits per heavy atom. The number of phenolic OH excluding ortho intramolecular Hbond substituents is 1. The molecular formula is C17H18O3. The second kappa shape index (κ2) is 5.37. The number of carbonyl (C=O) groups is 1. The third-order valence-electron chi connectivity index (χ3n) is 3.43. The van der Waals surface area contributed by atoms with Crippen LogP contribution in [0.1, 0.15) is 36.5 Å². The predicted molar refractivity (Wildman–Crippen MR) is 81.1 cm³/mol. The summed E-state index contributed by atoms with van der Waals surface area (Å²) in [6.45, 7) is 5.95. The number of aromatic hydroxyl groups is 1. The van der Waals surface area contributed by atoms with Crippen molar-refractivity contribution in [3.63, 3.8) is 0 Å². The average molecular weight is 270 g/mol. The minimum absolute atomic E-state index is 0.163. The van der Waals surface area contributed by atoms with Gasteiger partial charge < -0.3 is 10.2 Å². The molecule has 0 aliphatic carbocycles. The number of benzene rings is 2. The molecule has 0 spiro atoms. The van der Waals surface area contributed by atoms with Crippen molar-refractivity contribution in [2.24, 2.45) is 0 Å². The first kappa shape index (κ1) is 14.1. The van der Waals surface area contributed by atoms with Gasteiger partial charge in [-0.2, -0.15) is 0 Å². The summed E-state index contributed by atoms with van der Waals surface area (Å²) in [4.78, 5) is 10.7. The van der Waals surface area contributed by atoms with Crippen LogP contribution in [0, 0.1) is 6.92 Å². The zero-order chi connectivity index (χ0) is 14.9. The van der Waals surface area contributed by atoms with Gasteiger partial charge in [0.25, 0.3) is 0 Å². The van der Waals surface area contributed by atoms with Gasteiger partial charge in [-0.3, -0.25) is 0 Å². The van der Waals surface area contributed by atoms with Crippen molar-refractivity contribution in [2.45, 2.75) is 26.7 Å². The van der Waals surface area contributed by atoms with E-state index in [1.54, 1.807) is 6.08 Å². The van der Waals surface area contributed by atoms with Crippen molar-refractivity contribution >= 4 is 22.8 Å². The normalized spacial score (nSPS) is 11.6. The van der Waals surface area contributed by atoms with E-state index in [0.717, 1.165) is 33.5 Å². The van der Waals surface area contributed by atoms with Crippen molar-refractivity contribution < 1.29 is 15.0 Å². The topological polar surface area (TPSA) is 57.5 Å². The van der Waals surface area contributed by atoms with Crippen LogP contribution >= 0.6 is 0 Å². The van der Waals surface area contributed by atoms with Gasteiger partial charge in [-0.1, -0.05) is 32.0 Å². The molecule has 2 aromatic carbocycles. The van der Waals surface area contributed by atoms with E-state index in [9.17, 15) is 9.90 Å². The van der Waals surface area contributed by atoms with Gasteiger partial charge in [-0.05, 0) is 47.1 Å². The average Bonchev–Trinajstić information content (AvgIpc) is 2.37. The van der Waals surface area contributed by atoms with E-state index in [1.807, 2.05) is 45.0 Å². The van der Waals surface area contributed by atoms with Gasteiger partial charge >= 0.3 is 5.97 Å². The number of rotatable bonds is 3. The van der Waals surface area contributed by atoms with Crippen LogP contribution in [0.25, 0.3) is 16.8 Å². The number of carboxylic acid groups (broad SMARTS) is 1. The Labute approximate surface area is 118 Å². The van der Waals surface area contributed by atoms with E-state index >= 15 is 0 Å². The van der Waals surface area contributed by atoms with Crippen LogP contribution in [0.5, 0.6) is 5.75 Å². The van der Waals surface area contributed by atoms with Gasteiger partial charge in [-0.25, -0.2) is 4.79 Å². The van der Waals surface area contributed by atoms with E-state index in [2.05, 4.69) is 0 Å². The van der Waals surface area contributed by atoms with Gasteiger partial charge in [0, 0.05) is 11.5 Å². The lowest BCUT2D eigenvalue weighted by Crippen LogP contribution is -1.94. The van der Waals surface area contributed by atoms with Crippen molar-refractivity contribution in [3.8, 4) is 5.75 Å². The summed E-state index contributed by atoms with van der Waals surface area (Å²) >= 11 is 0. The van der Waals surface area contributed by atoms with Crippen LogP contribution in [0.2, 0.25) is 0 Å². The monoisotopic (exact) mass is 270 g/mol. The van der Waals surface area contributed by atoms with Crippen molar-refractivity contribution in [1.82, 2.24) is 0 Å². The first-order valence-corrected chi connectivity index (χ1v) is 6.58. The molecule has 0 fully saturated rings. The molecule has 0 bridgehead atoms. The van der Waals surface area contributed by atoms with Gasteiger partial charge in [0.1, 0.15) is 5.75 Å². The first-order chi connectivity index (χ1) is 9.41. The second-order valence-corrected chi connectivity index (χ2v) is 5.23. The van der Waals surface area contributed by atoms with Crippen LogP contribution < -0.4 is 0 Å². The summed E-state index contributed by atoms with van der Waals surface area (Å²) in [6, 6.07) is 7.61. The quantitative estimate of drug-likeness (QED) is 0.826. The third-order valence-corrected chi connectivity index (χ3v) is 3.43. The number of aryl methyl sites for hydroxylation is 1. The van der Waals surface area contributed by atoms with Crippen molar-refractivity contribution in [1.29, 1.82) is 0 Å². The van der Waals surface area contributed by atoms with Gasteiger partial charge in [-0.15, -0.1) is 0 Å². The lowest BCUT2D eigenvalue weighted by molar-refractivity contribution is -0.131. The lowest BCUT2D eigenvalue weighted by Gasteiger charge is -2.15.